The van der Waals surface area contributed by atoms with Crippen LogP contribution in [0.3, 0.4) is 0 Å². The van der Waals surface area contributed by atoms with Gasteiger partial charge in [0.1, 0.15) is 0 Å². The van der Waals surface area contributed by atoms with Crippen LogP contribution in [0.25, 0.3) is 0 Å². The van der Waals surface area contributed by atoms with Crippen molar-refractivity contribution in [3.63, 3.8) is 0 Å². The first-order valence-electron chi connectivity index (χ1n) is 3.06. The van der Waals surface area contributed by atoms with E-state index in [1.807, 2.05) is 0 Å². The van der Waals surface area contributed by atoms with Crippen LogP contribution < -0.4 is 59.1 Å². The van der Waals surface area contributed by atoms with Gasteiger partial charge in [-0.1, -0.05) is 0 Å². The molecule has 0 rings (SSSR count). The zero-order valence-electron chi connectivity index (χ0n) is 8.98. The molecule has 0 aliphatic heterocycles. The Hall–Kier alpha value is 0.960. The van der Waals surface area contributed by atoms with E-state index in [9.17, 15) is 9.59 Å². The van der Waals surface area contributed by atoms with Gasteiger partial charge in [0.15, 0.2) is 9.15 Å². The van der Waals surface area contributed by atoms with Crippen molar-refractivity contribution >= 4 is 31.2 Å². The van der Waals surface area contributed by atoms with Crippen LogP contribution in [0.5, 0.6) is 0 Å². The third kappa shape index (κ3) is 26.5. The Morgan fingerprint density at radius 3 is 1.29 bits per heavy atom. The van der Waals surface area contributed by atoms with Crippen LogP contribution in [0.2, 0.25) is 0 Å². The Morgan fingerprint density at radius 1 is 1.06 bits per heavy atom. The maximum absolute atomic E-state index is 9.64. The van der Waals surface area contributed by atoms with Gasteiger partial charge in [-0.15, -0.1) is 0 Å². The van der Waals surface area contributed by atoms with E-state index < -0.39 is 31.2 Å². The molecule has 9 nitrogen and oxygen atoms in total. The Balaban J connectivity index is -0.0000000896. The Morgan fingerprint density at radius 2 is 1.24 bits per heavy atom. The van der Waals surface area contributed by atoms with Gasteiger partial charge in [0.2, 0.25) is 0 Å². The van der Waals surface area contributed by atoms with E-state index in [-0.39, 0.29) is 72.0 Å². The summed E-state index contributed by atoms with van der Waals surface area (Å²) < 4.78 is 45.7. The van der Waals surface area contributed by atoms with E-state index >= 15 is 0 Å². The smallest absolute Gasteiger partial charge is 0.761 e. The predicted octanol–water partition coefficient (Wildman–Crippen LogP) is -7.73. The zero-order valence-corrected chi connectivity index (χ0v) is 14.6. The minimum Gasteiger partial charge on any atom is -0.761 e. The fourth-order valence-corrected chi connectivity index (χ4v) is 0.214. The molecule has 0 aromatic rings. The van der Waals surface area contributed by atoms with Crippen molar-refractivity contribution < 1.29 is 101 Å². The summed E-state index contributed by atoms with van der Waals surface area (Å²) in [7, 11) is -8.59. The molecule has 0 saturated carbocycles. The fourth-order valence-electron chi connectivity index (χ4n) is 0.214. The van der Waals surface area contributed by atoms with Crippen LogP contribution in [-0.2, 0) is 28.9 Å². The molecule has 0 saturated heterocycles. The molecule has 1 atom stereocenters. The zero-order chi connectivity index (χ0) is 12.6. The number of aliphatic carboxylic acids is 2. The van der Waals surface area contributed by atoms with Gasteiger partial charge in [0.25, 0.3) is 0 Å². The second kappa shape index (κ2) is 13.4. The average molecular weight is 308 g/mol. The van der Waals surface area contributed by atoms with Crippen molar-refractivity contribution in [2.75, 3.05) is 0 Å². The molecule has 0 bridgehead atoms. The number of carbonyl (C=O) groups is 2. The maximum atomic E-state index is 9.64. The van der Waals surface area contributed by atoms with Crippen LogP contribution >= 0.6 is 0 Å². The molecule has 0 aromatic heterocycles. The van der Waals surface area contributed by atoms with E-state index in [2.05, 4.69) is 0 Å². The third-order valence-electron chi connectivity index (χ3n) is 0.719. The van der Waals surface area contributed by atoms with E-state index in [0.717, 1.165) is 0 Å². The van der Waals surface area contributed by atoms with E-state index in [1.165, 1.54) is 0 Å². The van der Waals surface area contributed by atoms with Gasteiger partial charge in [-0.3, -0.25) is 13.8 Å². The van der Waals surface area contributed by atoms with Gasteiger partial charge < -0.3 is 19.3 Å². The van der Waals surface area contributed by atoms with Crippen molar-refractivity contribution in [2.45, 2.75) is 12.8 Å². The third-order valence-corrected chi connectivity index (χ3v) is 2.05. The number of hydrogen-bond donors (Lipinski definition) is 2. The van der Waals surface area contributed by atoms with Gasteiger partial charge in [-0.25, -0.2) is 8.42 Å². The van der Waals surface area contributed by atoms with Crippen molar-refractivity contribution in [2.24, 2.45) is 0 Å². The van der Waals surface area contributed by atoms with Crippen molar-refractivity contribution in [3.05, 3.63) is 0 Å². The number of hydrogen-bond acceptors (Lipinski definition) is 7. The average Bonchev–Trinajstić information content (AvgIpc) is 2.00. The standard InChI is InChI=1S/C4H6O4.2Na.H2O5S2/c5-3(6)1-2-4(7)8;;;1-6(2)7(3,4)5/h1-2H2,(H,5,6)(H,7,8);;;(H,1,2)(H,3,4,5)/q;2*+1;/p-2. The van der Waals surface area contributed by atoms with E-state index in [0.29, 0.717) is 0 Å². The number of rotatable bonds is 4. The molecule has 0 aliphatic carbocycles. The molecule has 0 fully saturated rings. The van der Waals surface area contributed by atoms with Crippen LogP contribution in [-0.4, -0.2) is 43.9 Å². The molecule has 17 heavy (non-hydrogen) atoms. The molecule has 2 N–H and O–H groups in total. The molecule has 0 heterocycles. The maximum Gasteiger partial charge on any atom is 1.00 e. The van der Waals surface area contributed by atoms with Gasteiger partial charge >= 0.3 is 71.1 Å². The van der Waals surface area contributed by atoms with Crippen LogP contribution in [0.4, 0.5) is 0 Å². The summed E-state index contributed by atoms with van der Waals surface area (Å²) in [5, 5.41) is 15.8. The first-order chi connectivity index (χ1) is 6.57. The van der Waals surface area contributed by atoms with Crippen molar-refractivity contribution in [1.82, 2.24) is 0 Å². The summed E-state index contributed by atoms with van der Waals surface area (Å²) in [5.74, 6) is -2.15. The SMILES string of the molecule is O=C(O)CCC(=O)O.O=S([O-])S(=O)(=O)[O-].[Na+].[Na+]. The fraction of sp³-hybridized carbons (Fsp3) is 0.500. The van der Waals surface area contributed by atoms with Gasteiger partial charge in [-0.05, 0) is 0 Å². The van der Waals surface area contributed by atoms with E-state index in [1.54, 1.807) is 0 Å². The Labute approximate surface area is 143 Å². The molecule has 13 heteroatoms. The number of carboxylic acid groups (broad SMARTS) is 2. The first kappa shape index (κ1) is 26.5. The van der Waals surface area contributed by atoms with Gasteiger partial charge in [-0.2, -0.15) is 0 Å². The van der Waals surface area contributed by atoms with Crippen molar-refractivity contribution in [3.8, 4) is 0 Å². The molecule has 0 aliphatic rings. The molecular formula is C4H6Na2O9S2. The topological polar surface area (TPSA) is 172 Å². The predicted molar refractivity (Wildman–Crippen MR) is 43.1 cm³/mol. The molecule has 0 aromatic carbocycles. The van der Waals surface area contributed by atoms with Crippen LogP contribution in [0.15, 0.2) is 0 Å². The van der Waals surface area contributed by atoms with Crippen LogP contribution in [0, 0.1) is 0 Å². The quantitative estimate of drug-likeness (QED) is 0.221. The molecule has 0 amide bonds. The summed E-state index contributed by atoms with van der Waals surface area (Å²) in [6.07, 6.45) is -0.593. The van der Waals surface area contributed by atoms with Crippen molar-refractivity contribution in [1.29, 1.82) is 0 Å². The van der Waals surface area contributed by atoms with Gasteiger partial charge in [0, 0.05) is 0 Å². The summed E-state index contributed by atoms with van der Waals surface area (Å²) >= 11 is 0. The van der Waals surface area contributed by atoms with Crippen LogP contribution in [0.1, 0.15) is 12.8 Å². The Bertz CT molecular complexity index is 336. The van der Waals surface area contributed by atoms with E-state index in [4.69, 9.17) is 31.9 Å². The molecular weight excluding hydrogens is 302 g/mol. The first-order valence-corrected chi connectivity index (χ1v) is 6.06. The monoisotopic (exact) mass is 308 g/mol. The minimum absolute atomic E-state index is 0. The summed E-state index contributed by atoms with van der Waals surface area (Å²) in [5.41, 5.74) is 0. The second-order valence-electron chi connectivity index (χ2n) is 1.90. The molecule has 0 spiro atoms. The Kier molecular flexibility index (Phi) is 20.9. The van der Waals surface area contributed by atoms with Gasteiger partial charge in [0.05, 0.1) is 23.0 Å². The largest absolute Gasteiger partial charge is 1.00 e. The minimum atomic E-state index is -5.07. The molecule has 1 unspecified atom stereocenters. The molecule has 0 radical (unpaired) electrons. The normalized spacial score (nSPS) is 10.7. The second-order valence-corrected chi connectivity index (χ2v) is 5.17. The summed E-state index contributed by atoms with van der Waals surface area (Å²) in [6, 6.07) is 0. The summed E-state index contributed by atoms with van der Waals surface area (Å²) in [4.78, 5) is 19.3. The molecule has 90 valence electrons. The summed E-state index contributed by atoms with van der Waals surface area (Å²) in [6.45, 7) is 0. The number of carboxylic acids is 2.